The average molecular weight is 793 g/mol. The fourth-order valence-corrected chi connectivity index (χ4v) is 9.73. The fraction of sp³-hybridized carbons (Fsp3) is 0.0508. The second-order valence-corrected chi connectivity index (χ2v) is 16.9. The van der Waals surface area contributed by atoms with Gasteiger partial charge in [0, 0.05) is 38.4 Å². The van der Waals surface area contributed by atoms with E-state index in [2.05, 4.69) is 190 Å². The molecule has 0 aliphatic heterocycles. The minimum atomic E-state index is -0.0224. The van der Waals surface area contributed by atoms with Gasteiger partial charge in [-0.15, -0.1) is 0 Å². The Balaban J connectivity index is 1.02. The zero-order chi connectivity index (χ0) is 41.4. The third kappa shape index (κ3) is 5.89. The van der Waals surface area contributed by atoms with Crippen molar-refractivity contribution in [2.75, 3.05) is 0 Å². The first-order valence-electron chi connectivity index (χ1n) is 21.3. The predicted octanol–water partition coefficient (Wildman–Crippen LogP) is 15.8. The number of aromatic nitrogens is 2. The van der Waals surface area contributed by atoms with Crippen molar-refractivity contribution in [2.24, 2.45) is 0 Å². The number of furan rings is 1. The van der Waals surface area contributed by atoms with E-state index in [9.17, 15) is 0 Å². The van der Waals surface area contributed by atoms with E-state index in [4.69, 9.17) is 14.4 Å². The highest BCUT2D eigenvalue weighted by atomic mass is 16.3. The van der Waals surface area contributed by atoms with Crippen molar-refractivity contribution in [2.45, 2.75) is 19.3 Å². The SMILES string of the molecule is CC1(C)c2ccccc2-c2cc(-c3ccc(-c4cc(-c5cc(-c6cccc7ccccc67)cc(-c6cccc7c6oc6ccccc67)c5)nc(-c5ccccc5)n4)cc3)ccc21. The van der Waals surface area contributed by atoms with Crippen LogP contribution in [-0.2, 0) is 5.41 Å². The number of fused-ring (bicyclic) bond motifs is 7. The molecule has 0 saturated heterocycles. The third-order valence-corrected chi connectivity index (χ3v) is 12.9. The van der Waals surface area contributed by atoms with E-state index in [1.165, 1.54) is 44.2 Å². The topological polar surface area (TPSA) is 38.9 Å². The summed E-state index contributed by atoms with van der Waals surface area (Å²) in [5.41, 5.74) is 18.6. The first-order valence-corrected chi connectivity index (χ1v) is 21.3. The molecule has 9 aromatic carbocycles. The molecule has 0 atom stereocenters. The van der Waals surface area contributed by atoms with Gasteiger partial charge in [-0.05, 0) is 97.2 Å². The zero-order valence-corrected chi connectivity index (χ0v) is 34.4. The minimum absolute atomic E-state index is 0.0224. The molecule has 2 aromatic heterocycles. The molecule has 3 heteroatoms. The van der Waals surface area contributed by atoms with Crippen molar-refractivity contribution in [3.63, 3.8) is 0 Å². The van der Waals surface area contributed by atoms with Crippen molar-refractivity contribution in [3.05, 3.63) is 217 Å². The van der Waals surface area contributed by atoms with Crippen LogP contribution in [0.4, 0.5) is 0 Å². The molecule has 1 aliphatic carbocycles. The number of hydrogen-bond donors (Lipinski definition) is 0. The number of rotatable bonds is 6. The Bertz CT molecular complexity index is 3540. The van der Waals surface area contributed by atoms with Crippen LogP contribution in [0, 0.1) is 0 Å². The van der Waals surface area contributed by atoms with Gasteiger partial charge >= 0.3 is 0 Å². The van der Waals surface area contributed by atoms with Crippen LogP contribution in [0.2, 0.25) is 0 Å². The monoisotopic (exact) mass is 792 g/mol. The Kier molecular flexibility index (Phi) is 8.20. The molecule has 0 radical (unpaired) electrons. The molecule has 1 aliphatic rings. The lowest BCUT2D eigenvalue weighted by molar-refractivity contribution is 0.660. The van der Waals surface area contributed by atoms with E-state index >= 15 is 0 Å². The van der Waals surface area contributed by atoms with Crippen LogP contribution in [0.25, 0.3) is 111 Å². The number of benzene rings is 9. The lowest BCUT2D eigenvalue weighted by atomic mass is 9.82. The van der Waals surface area contributed by atoms with E-state index < -0.39 is 0 Å². The third-order valence-electron chi connectivity index (χ3n) is 12.9. The maximum Gasteiger partial charge on any atom is 0.160 e. The minimum Gasteiger partial charge on any atom is -0.455 e. The average Bonchev–Trinajstić information content (AvgIpc) is 3.83. The van der Waals surface area contributed by atoms with Crippen molar-refractivity contribution in [1.82, 2.24) is 9.97 Å². The zero-order valence-electron chi connectivity index (χ0n) is 34.4. The Hall–Kier alpha value is -7.88. The molecule has 0 fully saturated rings. The summed E-state index contributed by atoms with van der Waals surface area (Å²) in [6.07, 6.45) is 0. The molecule has 11 aromatic rings. The highest BCUT2D eigenvalue weighted by Gasteiger charge is 2.35. The van der Waals surface area contributed by atoms with E-state index in [1.807, 2.05) is 30.3 Å². The molecule has 12 rings (SSSR count). The maximum absolute atomic E-state index is 6.62. The summed E-state index contributed by atoms with van der Waals surface area (Å²) in [4.78, 5) is 10.6. The molecule has 0 amide bonds. The summed E-state index contributed by atoms with van der Waals surface area (Å²) in [5, 5.41) is 4.61. The van der Waals surface area contributed by atoms with Gasteiger partial charge in [-0.2, -0.15) is 0 Å². The summed E-state index contributed by atoms with van der Waals surface area (Å²) < 4.78 is 6.62. The van der Waals surface area contributed by atoms with Gasteiger partial charge in [0.2, 0.25) is 0 Å². The molecule has 0 spiro atoms. The Morgan fingerprint density at radius 3 is 1.79 bits per heavy atom. The van der Waals surface area contributed by atoms with Crippen LogP contribution in [0.15, 0.2) is 211 Å². The second-order valence-electron chi connectivity index (χ2n) is 16.9. The van der Waals surface area contributed by atoms with E-state index in [0.717, 1.165) is 72.3 Å². The fourth-order valence-electron chi connectivity index (χ4n) is 9.73. The highest BCUT2D eigenvalue weighted by molar-refractivity contribution is 6.10. The predicted molar refractivity (Wildman–Crippen MR) is 257 cm³/mol. The van der Waals surface area contributed by atoms with Crippen LogP contribution in [0.5, 0.6) is 0 Å². The molecular formula is C59H40N2O. The quantitative estimate of drug-likeness (QED) is 0.168. The summed E-state index contributed by atoms with van der Waals surface area (Å²) in [6.45, 7) is 4.65. The van der Waals surface area contributed by atoms with Gasteiger partial charge in [0.25, 0.3) is 0 Å². The molecule has 0 unspecified atom stereocenters. The van der Waals surface area contributed by atoms with Crippen LogP contribution in [0.1, 0.15) is 25.0 Å². The first-order chi connectivity index (χ1) is 30.5. The Labute approximate surface area is 360 Å². The van der Waals surface area contributed by atoms with Gasteiger partial charge in [-0.3, -0.25) is 0 Å². The lowest BCUT2D eigenvalue weighted by Gasteiger charge is -2.21. The largest absolute Gasteiger partial charge is 0.455 e. The molecule has 3 nitrogen and oxygen atoms in total. The Morgan fingerprint density at radius 1 is 0.355 bits per heavy atom. The summed E-state index contributed by atoms with van der Waals surface area (Å²) >= 11 is 0. The van der Waals surface area contributed by atoms with E-state index in [-0.39, 0.29) is 5.41 Å². The van der Waals surface area contributed by atoms with Gasteiger partial charge in [-0.1, -0.05) is 184 Å². The van der Waals surface area contributed by atoms with E-state index in [1.54, 1.807) is 0 Å². The molecule has 62 heavy (non-hydrogen) atoms. The Morgan fingerprint density at radius 2 is 0.935 bits per heavy atom. The van der Waals surface area contributed by atoms with Crippen LogP contribution in [0.3, 0.4) is 0 Å². The molecule has 292 valence electrons. The van der Waals surface area contributed by atoms with Gasteiger partial charge in [-0.25, -0.2) is 9.97 Å². The van der Waals surface area contributed by atoms with Crippen molar-refractivity contribution in [3.8, 4) is 78.4 Å². The van der Waals surface area contributed by atoms with Gasteiger partial charge < -0.3 is 4.42 Å². The number of nitrogens with zero attached hydrogens (tertiary/aromatic N) is 2. The number of hydrogen-bond acceptors (Lipinski definition) is 3. The highest BCUT2D eigenvalue weighted by Crippen LogP contribution is 2.49. The maximum atomic E-state index is 6.62. The van der Waals surface area contributed by atoms with Gasteiger partial charge in [0.15, 0.2) is 5.82 Å². The molecular weight excluding hydrogens is 753 g/mol. The van der Waals surface area contributed by atoms with Gasteiger partial charge in [0.1, 0.15) is 11.2 Å². The molecule has 0 N–H and O–H groups in total. The molecule has 0 bridgehead atoms. The van der Waals surface area contributed by atoms with E-state index in [0.29, 0.717) is 5.82 Å². The smallest absolute Gasteiger partial charge is 0.160 e. The standard InChI is InChI=1S/C59H40N2O/c1-59(2)52-24-10-8-19-48(52)51-35-41(30-31-53(51)59)37-26-28-39(29-27-37)54-36-55(61-58(60-54)40-15-4-3-5-16-40)44-33-42(46-21-12-17-38-14-6-7-18-45(38)46)32-43(34-44)47-22-13-23-50-49-20-9-11-25-56(49)62-57(47)50/h3-36H,1-2H3. The molecule has 2 heterocycles. The second kappa shape index (κ2) is 14.1. The van der Waals surface area contributed by atoms with Crippen molar-refractivity contribution >= 4 is 32.7 Å². The molecule has 0 saturated carbocycles. The van der Waals surface area contributed by atoms with Crippen LogP contribution >= 0.6 is 0 Å². The lowest BCUT2D eigenvalue weighted by Crippen LogP contribution is -2.14. The summed E-state index contributed by atoms with van der Waals surface area (Å²) in [5.74, 6) is 0.679. The summed E-state index contributed by atoms with van der Waals surface area (Å²) in [6, 6.07) is 73.7. The number of para-hydroxylation sites is 2. The van der Waals surface area contributed by atoms with Crippen molar-refractivity contribution in [1.29, 1.82) is 0 Å². The normalized spacial score (nSPS) is 12.8. The van der Waals surface area contributed by atoms with Gasteiger partial charge in [0.05, 0.1) is 11.4 Å². The summed E-state index contributed by atoms with van der Waals surface area (Å²) in [7, 11) is 0. The first kappa shape index (κ1) is 36.0. The van der Waals surface area contributed by atoms with Crippen molar-refractivity contribution < 1.29 is 4.42 Å². The van der Waals surface area contributed by atoms with Crippen LogP contribution in [-0.4, -0.2) is 9.97 Å². The van der Waals surface area contributed by atoms with Crippen LogP contribution < -0.4 is 0 Å².